The van der Waals surface area contributed by atoms with Crippen LogP contribution < -0.4 is 10.0 Å². The van der Waals surface area contributed by atoms with E-state index in [-0.39, 0.29) is 11.4 Å². The summed E-state index contributed by atoms with van der Waals surface area (Å²) in [6.07, 6.45) is 2.46. The number of rotatable bonds is 7. The van der Waals surface area contributed by atoms with E-state index in [1.165, 1.54) is 6.07 Å². The van der Waals surface area contributed by atoms with Crippen molar-refractivity contribution in [3.05, 3.63) is 53.6 Å². The third-order valence-electron chi connectivity index (χ3n) is 4.74. The fourth-order valence-corrected chi connectivity index (χ4v) is 4.83. The number of anilines is 3. The second kappa shape index (κ2) is 11.2. The van der Waals surface area contributed by atoms with Crippen molar-refractivity contribution in [2.75, 3.05) is 17.2 Å². The van der Waals surface area contributed by atoms with Gasteiger partial charge in [-0.3, -0.25) is 9.11 Å². The van der Waals surface area contributed by atoms with Gasteiger partial charge in [-0.2, -0.15) is 0 Å². The van der Waals surface area contributed by atoms with Crippen LogP contribution in [0.1, 0.15) is 52.0 Å². The molecular formula is C22H31F3N2O2S. The highest BCUT2D eigenvalue weighted by molar-refractivity contribution is 7.94. The van der Waals surface area contributed by atoms with Gasteiger partial charge >= 0.3 is 0 Å². The molecular weight excluding hydrogens is 413 g/mol. The molecule has 0 aromatic heterocycles. The number of alkyl halides is 1. The zero-order valence-electron chi connectivity index (χ0n) is 18.2. The second-order valence-electron chi connectivity index (χ2n) is 6.81. The lowest BCUT2D eigenvalue weighted by Gasteiger charge is -2.20. The Balaban J connectivity index is 0.00000106. The molecule has 0 bridgehead atoms. The smallest absolute Gasteiger partial charge is 0.238 e. The van der Waals surface area contributed by atoms with Crippen LogP contribution >= 0.6 is 0 Å². The van der Waals surface area contributed by atoms with Gasteiger partial charge in [0.1, 0.15) is 5.69 Å². The molecule has 0 saturated heterocycles. The molecule has 0 heterocycles. The van der Waals surface area contributed by atoms with Gasteiger partial charge in [-0.25, -0.2) is 17.2 Å². The quantitative estimate of drug-likeness (QED) is 0.499. The highest BCUT2D eigenvalue weighted by atomic mass is 32.2. The first-order valence-electron chi connectivity index (χ1n) is 10.00. The van der Waals surface area contributed by atoms with E-state index in [1.807, 2.05) is 39.8 Å². The van der Waals surface area contributed by atoms with Gasteiger partial charge < -0.3 is 5.32 Å². The fraction of sp³-hybridized carbons (Fsp3) is 0.455. The first kappa shape index (κ1) is 25.8. The standard InChI is InChI=1S/C19H22F2N2O2S.C2H6.CH3F/c1-3-10-19(11-12-19)26(24,25)23-16-9-8-15(20)17(21)18(16)22-14-6-4-13(2)5-7-14;2*1-2/h4-9,22-23H,3,10-12H2,1-2H3;1-2H3;1H3. The first-order chi connectivity index (χ1) is 14.3. The lowest BCUT2D eigenvalue weighted by atomic mass is 10.2. The molecule has 2 aromatic carbocycles. The summed E-state index contributed by atoms with van der Waals surface area (Å²) in [5.41, 5.74) is 1.35. The SMILES string of the molecule is CC.CCCC1(S(=O)(=O)Nc2ccc(F)c(F)c2Nc2ccc(C)cc2)CC1.CF. The summed E-state index contributed by atoms with van der Waals surface area (Å²) in [4.78, 5) is 0. The van der Waals surface area contributed by atoms with E-state index in [1.54, 1.807) is 12.1 Å². The molecule has 8 heteroatoms. The van der Waals surface area contributed by atoms with Crippen molar-refractivity contribution in [2.24, 2.45) is 0 Å². The van der Waals surface area contributed by atoms with Crippen molar-refractivity contribution in [3.63, 3.8) is 0 Å². The van der Waals surface area contributed by atoms with E-state index in [0.717, 1.165) is 18.1 Å². The van der Waals surface area contributed by atoms with Crippen LogP contribution in [0.3, 0.4) is 0 Å². The largest absolute Gasteiger partial charge is 0.351 e. The maximum absolute atomic E-state index is 14.4. The highest BCUT2D eigenvalue weighted by Crippen LogP contribution is 2.48. The molecule has 0 aliphatic heterocycles. The molecule has 2 aromatic rings. The molecule has 1 saturated carbocycles. The average molecular weight is 445 g/mol. The Morgan fingerprint density at radius 1 is 1.00 bits per heavy atom. The number of sulfonamides is 1. The number of benzene rings is 2. The lowest BCUT2D eigenvalue weighted by molar-refractivity contribution is 0.512. The lowest BCUT2D eigenvalue weighted by Crippen LogP contribution is -2.30. The van der Waals surface area contributed by atoms with E-state index in [2.05, 4.69) is 10.0 Å². The van der Waals surface area contributed by atoms with Gasteiger partial charge in [0.05, 0.1) is 17.6 Å². The van der Waals surface area contributed by atoms with E-state index in [9.17, 15) is 21.6 Å². The number of aryl methyl sites for hydroxylation is 1. The van der Waals surface area contributed by atoms with Crippen LogP contribution in [-0.2, 0) is 10.0 Å². The molecule has 0 atom stereocenters. The van der Waals surface area contributed by atoms with Crippen LogP contribution in [0.5, 0.6) is 0 Å². The van der Waals surface area contributed by atoms with Crippen LogP contribution in [0.4, 0.5) is 30.2 Å². The molecule has 0 amide bonds. The molecule has 4 nitrogen and oxygen atoms in total. The topological polar surface area (TPSA) is 58.2 Å². The number of halogens is 3. The van der Waals surface area contributed by atoms with Crippen LogP contribution in [-0.4, -0.2) is 20.3 Å². The summed E-state index contributed by atoms with van der Waals surface area (Å²) in [7, 11) is -3.19. The van der Waals surface area contributed by atoms with Gasteiger partial charge in [0.15, 0.2) is 11.6 Å². The minimum atomic E-state index is -3.69. The van der Waals surface area contributed by atoms with Gasteiger partial charge in [0, 0.05) is 5.69 Å². The minimum absolute atomic E-state index is 0.00635. The van der Waals surface area contributed by atoms with E-state index in [4.69, 9.17) is 0 Å². The van der Waals surface area contributed by atoms with E-state index < -0.39 is 26.4 Å². The van der Waals surface area contributed by atoms with Gasteiger partial charge in [-0.1, -0.05) is 44.9 Å². The average Bonchev–Trinajstić information content (AvgIpc) is 3.54. The van der Waals surface area contributed by atoms with Gasteiger partial charge in [-0.05, 0) is 50.5 Å². The Morgan fingerprint density at radius 3 is 2.07 bits per heavy atom. The van der Waals surface area contributed by atoms with Crippen molar-refractivity contribution in [2.45, 2.75) is 58.1 Å². The molecule has 2 N–H and O–H groups in total. The molecule has 0 radical (unpaired) electrons. The normalized spacial score (nSPS) is 13.9. The summed E-state index contributed by atoms with van der Waals surface area (Å²) in [5.74, 6) is -2.16. The zero-order chi connectivity index (χ0) is 22.9. The number of hydrogen-bond acceptors (Lipinski definition) is 3. The molecule has 1 aliphatic carbocycles. The third kappa shape index (κ3) is 5.90. The molecule has 30 heavy (non-hydrogen) atoms. The molecule has 3 rings (SSSR count). The number of hydrogen-bond donors (Lipinski definition) is 2. The van der Waals surface area contributed by atoms with Crippen molar-refractivity contribution in [1.82, 2.24) is 0 Å². The second-order valence-corrected chi connectivity index (χ2v) is 8.89. The molecule has 0 spiro atoms. The fourth-order valence-electron chi connectivity index (χ4n) is 3.04. The first-order valence-corrected chi connectivity index (χ1v) is 11.5. The molecule has 0 unspecified atom stereocenters. The third-order valence-corrected chi connectivity index (χ3v) is 6.98. The Bertz CT molecular complexity index is 913. The van der Waals surface area contributed by atoms with Crippen LogP contribution in [0.15, 0.2) is 36.4 Å². The minimum Gasteiger partial charge on any atom is -0.351 e. The van der Waals surface area contributed by atoms with Crippen molar-refractivity contribution < 1.29 is 21.6 Å². The Hall–Kier alpha value is -2.22. The molecule has 168 valence electrons. The summed E-state index contributed by atoms with van der Waals surface area (Å²) in [6.45, 7) is 7.84. The summed E-state index contributed by atoms with van der Waals surface area (Å²) in [6, 6.07) is 9.25. The Kier molecular flexibility index (Phi) is 9.68. The van der Waals surface area contributed by atoms with E-state index >= 15 is 0 Å². The highest BCUT2D eigenvalue weighted by Gasteiger charge is 2.53. The zero-order valence-corrected chi connectivity index (χ0v) is 19.0. The maximum atomic E-state index is 14.4. The van der Waals surface area contributed by atoms with Crippen molar-refractivity contribution in [3.8, 4) is 0 Å². The van der Waals surface area contributed by atoms with Crippen molar-refractivity contribution >= 4 is 27.1 Å². The van der Waals surface area contributed by atoms with Crippen LogP contribution in [0, 0.1) is 18.6 Å². The summed E-state index contributed by atoms with van der Waals surface area (Å²) < 4.78 is 64.8. The van der Waals surface area contributed by atoms with Crippen LogP contribution in [0.25, 0.3) is 0 Å². The maximum Gasteiger partial charge on any atom is 0.238 e. The van der Waals surface area contributed by atoms with Gasteiger partial charge in [0.2, 0.25) is 10.0 Å². The van der Waals surface area contributed by atoms with Crippen molar-refractivity contribution in [1.29, 1.82) is 0 Å². The predicted molar refractivity (Wildman–Crippen MR) is 119 cm³/mol. The summed E-state index contributed by atoms with van der Waals surface area (Å²) >= 11 is 0. The molecule has 1 aliphatic rings. The van der Waals surface area contributed by atoms with E-state index in [0.29, 0.717) is 32.1 Å². The predicted octanol–water partition coefficient (Wildman–Crippen LogP) is 6.70. The Labute approximate surface area is 178 Å². The number of nitrogens with one attached hydrogen (secondary N) is 2. The Morgan fingerprint density at radius 2 is 1.57 bits per heavy atom. The van der Waals surface area contributed by atoms with Crippen LogP contribution in [0.2, 0.25) is 0 Å². The summed E-state index contributed by atoms with van der Waals surface area (Å²) in [5, 5.41) is 2.79. The van der Waals surface area contributed by atoms with Gasteiger partial charge in [0.25, 0.3) is 0 Å². The monoisotopic (exact) mass is 444 g/mol. The van der Waals surface area contributed by atoms with Gasteiger partial charge in [-0.15, -0.1) is 0 Å². The molecule has 1 fully saturated rings.